The maximum atomic E-state index is 13.0. The van der Waals surface area contributed by atoms with Crippen LogP contribution in [-0.2, 0) is 13.0 Å². The van der Waals surface area contributed by atoms with Crippen molar-refractivity contribution in [1.29, 1.82) is 0 Å². The molecular weight excluding hydrogens is 364 g/mol. The maximum Gasteiger partial charge on any atom is 0.291 e. The highest BCUT2D eigenvalue weighted by molar-refractivity contribution is 6.07. The monoisotopic (exact) mass is 388 g/mol. The fourth-order valence-corrected chi connectivity index (χ4v) is 3.67. The highest BCUT2D eigenvalue weighted by Gasteiger charge is 2.27. The zero-order valence-electron chi connectivity index (χ0n) is 16.7. The second-order valence-electron chi connectivity index (χ2n) is 7.36. The number of aryl methyl sites for hydroxylation is 1. The van der Waals surface area contributed by atoms with Crippen LogP contribution >= 0.6 is 0 Å². The van der Waals surface area contributed by atoms with E-state index in [2.05, 4.69) is 15.6 Å². The molecule has 2 heterocycles. The number of benzene rings is 2. The van der Waals surface area contributed by atoms with Crippen molar-refractivity contribution in [3.8, 4) is 0 Å². The van der Waals surface area contributed by atoms with Crippen LogP contribution in [0.3, 0.4) is 0 Å². The van der Waals surface area contributed by atoms with Gasteiger partial charge in [-0.15, -0.1) is 0 Å². The van der Waals surface area contributed by atoms with Crippen LogP contribution in [0.15, 0.2) is 48.5 Å². The topological polar surface area (TPSA) is 76.0 Å². The second-order valence-corrected chi connectivity index (χ2v) is 7.36. The molecule has 2 N–H and O–H groups in total. The number of nitrogens with one attached hydrogen (secondary N) is 2. The van der Waals surface area contributed by atoms with E-state index in [0.717, 1.165) is 41.8 Å². The minimum absolute atomic E-state index is 0.285. The lowest BCUT2D eigenvalue weighted by molar-refractivity contribution is 0.101. The normalized spacial score (nSPS) is 12.9. The van der Waals surface area contributed by atoms with Gasteiger partial charge >= 0.3 is 0 Å². The first-order valence-corrected chi connectivity index (χ1v) is 9.88. The molecule has 0 aliphatic carbocycles. The number of rotatable bonds is 4. The van der Waals surface area contributed by atoms with E-state index in [0.29, 0.717) is 23.8 Å². The summed E-state index contributed by atoms with van der Waals surface area (Å²) in [5.74, 6) is -0.285. The van der Waals surface area contributed by atoms with Crippen molar-refractivity contribution in [3.63, 3.8) is 0 Å². The van der Waals surface area contributed by atoms with Gasteiger partial charge in [-0.05, 0) is 62.4 Å². The van der Waals surface area contributed by atoms with E-state index in [1.807, 2.05) is 66.9 Å². The lowest BCUT2D eigenvalue weighted by Gasteiger charge is -2.17. The summed E-state index contributed by atoms with van der Waals surface area (Å²) >= 11 is 0. The number of carbonyl (C=O) groups excluding carboxylic acids is 2. The summed E-state index contributed by atoms with van der Waals surface area (Å²) in [6, 6.07) is 15.1. The number of carbonyl (C=O) groups is 2. The van der Waals surface area contributed by atoms with E-state index >= 15 is 0 Å². The Morgan fingerprint density at radius 1 is 0.931 bits per heavy atom. The van der Waals surface area contributed by atoms with Gasteiger partial charge in [0.2, 0.25) is 0 Å². The molecule has 6 nitrogen and oxygen atoms in total. The molecular formula is C23H24N4O2. The Bertz CT molecular complexity index is 1070. The van der Waals surface area contributed by atoms with Crippen molar-refractivity contribution in [2.75, 3.05) is 10.6 Å². The Hall–Kier alpha value is -3.41. The van der Waals surface area contributed by atoms with Crippen LogP contribution in [0.5, 0.6) is 0 Å². The number of aromatic nitrogens is 2. The van der Waals surface area contributed by atoms with Gasteiger partial charge in [-0.25, -0.2) is 4.98 Å². The first kappa shape index (κ1) is 18.9. The van der Waals surface area contributed by atoms with Crippen LogP contribution in [0.1, 0.15) is 50.8 Å². The van der Waals surface area contributed by atoms with E-state index < -0.39 is 0 Å². The molecule has 3 aromatic rings. The standard InChI is InChI=1S/C23H24N4O2/c1-15-9-8-12-18(16(15)2)25-23(29)21-26-20(19-13-6-7-14-27(19)21)22(28)24-17-10-4-3-5-11-17/h3-5,8-12H,6-7,13-14H2,1-2H3,(H,24,28)(H,25,29). The molecule has 0 saturated carbocycles. The maximum absolute atomic E-state index is 13.0. The van der Waals surface area contributed by atoms with Gasteiger partial charge in [0.05, 0.1) is 5.69 Å². The van der Waals surface area contributed by atoms with Gasteiger partial charge in [0.25, 0.3) is 11.8 Å². The molecule has 0 bridgehead atoms. The Kier molecular flexibility index (Phi) is 5.16. The minimum atomic E-state index is -0.291. The molecule has 0 unspecified atom stereocenters. The summed E-state index contributed by atoms with van der Waals surface area (Å²) in [6.45, 7) is 4.68. The number of fused-ring (bicyclic) bond motifs is 1. The fourth-order valence-electron chi connectivity index (χ4n) is 3.67. The zero-order valence-corrected chi connectivity index (χ0v) is 16.7. The third-order valence-corrected chi connectivity index (χ3v) is 5.42. The Labute approximate surface area is 170 Å². The van der Waals surface area contributed by atoms with Gasteiger partial charge < -0.3 is 15.2 Å². The van der Waals surface area contributed by atoms with Crippen LogP contribution in [0.4, 0.5) is 11.4 Å². The summed E-state index contributed by atoms with van der Waals surface area (Å²) in [6.07, 6.45) is 2.68. The van der Waals surface area contributed by atoms with E-state index in [9.17, 15) is 9.59 Å². The number of para-hydroxylation sites is 1. The first-order valence-electron chi connectivity index (χ1n) is 9.88. The Balaban J connectivity index is 1.65. The third-order valence-electron chi connectivity index (χ3n) is 5.42. The predicted octanol–water partition coefficient (Wildman–Crippen LogP) is 4.34. The molecule has 6 heteroatoms. The number of hydrogen-bond acceptors (Lipinski definition) is 3. The third kappa shape index (κ3) is 3.78. The molecule has 4 rings (SSSR count). The van der Waals surface area contributed by atoms with Crippen LogP contribution in [0.25, 0.3) is 0 Å². The van der Waals surface area contributed by atoms with E-state index in [1.165, 1.54) is 0 Å². The fraction of sp³-hybridized carbons (Fsp3) is 0.261. The summed E-state index contributed by atoms with van der Waals surface area (Å²) in [7, 11) is 0. The zero-order chi connectivity index (χ0) is 20.4. The smallest absolute Gasteiger partial charge is 0.291 e. The summed E-state index contributed by atoms with van der Waals surface area (Å²) in [5, 5.41) is 5.85. The SMILES string of the molecule is Cc1cccc(NC(=O)c2nc(C(=O)Nc3ccccc3)c3n2CCCC3)c1C. The lowest BCUT2D eigenvalue weighted by Crippen LogP contribution is -2.21. The number of hydrogen-bond donors (Lipinski definition) is 2. The van der Waals surface area contributed by atoms with Gasteiger partial charge in [-0.1, -0.05) is 30.3 Å². The van der Waals surface area contributed by atoms with Crippen molar-refractivity contribution in [1.82, 2.24) is 9.55 Å². The average Bonchev–Trinajstić information content (AvgIpc) is 3.12. The van der Waals surface area contributed by atoms with Crippen LogP contribution in [0.2, 0.25) is 0 Å². The van der Waals surface area contributed by atoms with E-state index in [-0.39, 0.29) is 11.8 Å². The lowest BCUT2D eigenvalue weighted by atomic mass is 10.1. The van der Waals surface area contributed by atoms with Crippen molar-refractivity contribution < 1.29 is 9.59 Å². The summed E-state index contributed by atoms with van der Waals surface area (Å²) in [4.78, 5) is 30.4. The second kappa shape index (κ2) is 7.91. The van der Waals surface area contributed by atoms with Gasteiger partial charge in [-0.3, -0.25) is 9.59 Å². The molecule has 1 aromatic heterocycles. The van der Waals surface area contributed by atoms with Crippen molar-refractivity contribution in [3.05, 3.63) is 76.9 Å². The molecule has 0 radical (unpaired) electrons. The summed E-state index contributed by atoms with van der Waals surface area (Å²) < 4.78 is 1.89. The molecule has 1 aliphatic heterocycles. The van der Waals surface area contributed by atoms with Crippen LogP contribution in [-0.4, -0.2) is 21.4 Å². The molecule has 29 heavy (non-hydrogen) atoms. The largest absolute Gasteiger partial charge is 0.323 e. The highest BCUT2D eigenvalue weighted by atomic mass is 16.2. The number of imidazole rings is 1. The summed E-state index contributed by atoms with van der Waals surface area (Å²) in [5.41, 5.74) is 4.76. The molecule has 0 spiro atoms. The number of nitrogens with zero attached hydrogens (tertiary/aromatic N) is 2. The number of amides is 2. The molecule has 148 valence electrons. The minimum Gasteiger partial charge on any atom is -0.323 e. The van der Waals surface area contributed by atoms with E-state index in [1.54, 1.807) is 0 Å². The average molecular weight is 388 g/mol. The molecule has 2 aromatic carbocycles. The van der Waals surface area contributed by atoms with Crippen LogP contribution < -0.4 is 10.6 Å². The molecule has 0 fully saturated rings. The van der Waals surface area contributed by atoms with Gasteiger partial charge in [0.15, 0.2) is 11.5 Å². The highest BCUT2D eigenvalue weighted by Crippen LogP contribution is 2.24. The molecule has 0 saturated heterocycles. The van der Waals surface area contributed by atoms with Gasteiger partial charge in [-0.2, -0.15) is 0 Å². The van der Waals surface area contributed by atoms with Crippen molar-refractivity contribution in [2.24, 2.45) is 0 Å². The molecule has 2 amide bonds. The molecule has 1 aliphatic rings. The predicted molar refractivity (Wildman–Crippen MR) is 113 cm³/mol. The van der Waals surface area contributed by atoms with Gasteiger partial charge in [0, 0.05) is 17.9 Å². The first-order chi connectivity index (χ1) is 14.0. The Morgan fingerprint density at radius 2 is 1.72 bits per heavy atom. The van der Waals surface area contributed by atoms with Gasteiger partial charge in [0.1, 0.15) is 0 Å². The van der Waals surface area contributed by atoms with Crippen LogP contribution in [0, 0.1) is 13.8 Å². The van der Waals surface area contributed by atoms with Crippen molar-refractivity contribution >= 4 is 23.2 Å². The van der Waals surface area contributed by atoms with Crippen molar-refractivity contribution in [2.45, 2.75) is 39.7 Å². The van der Waals surface area contributed by atoms with E-state index in [4.69, 9.17) is 0 Å². The Morgan fingerprint density at radius 3 is 2.52 bits per heavy atom. The quantitative estimate of drug-likeness (QED) is 0.698. The number of anilines is 2. The molecule has 0 atom stereocenters.